The van der Waals surface area contributed by atoms with Gasteiger partial charge in [0.25, 0.3) is 0 Å². The summed E-state index contributed by atoms with van der Waals surface area (Å²) in [6.07, 6.45) is 21.2. The summed E-state index contributed by atoms with van der Waals surface area (Å²) in [5, 5.41) is 5.63. The monoisotopic (exact) mass is 764 g/mol. The van der Waals surface area contributed by atoms with Gasteiger partial charge in [0.2, 0.25) is 0 Å². The molecule has 0 atom stereocenters. The molecule has 0 aromatic heterocycles. The average Bonchev–Trinajstić information content (AvgIpc) is 3.89. The number of benzene rings is 5. The van der Waals surface area contributed by atoms with Gasteiger partial charge < -0.3 is 0 Å². The molecule has 0 heterocycles. The van der Waals surface area contributed by atoms with Crippen molar-refractivity contribution in [2.45, 2.75) is 0 Å². The van der Waals surface area contributed by atoms with Crippen molar-refractivity contribution < 1.29 is 31.6 Å². The van der Waals surface area contributed by atoms with E-state index in [1.807, 2.05) is 36.4 Å². The van der Waals surface area contributed by atoms with E-state index in [2.05, 4.69) is 204 Å². The fourth-order valence-corrected chi connectivity index (χ4v) is 9.54. The van der Waals surface area contributed by atoms with E-state index in [1.165, 1.54) is 38.1 Å². The first-order chi connectivity index (χ1) is 23.3. The molecule has 0 aliphatic heterocycles. The van der Waals surface area contributed by atoms with Crippen LogP contribution in [0.5, 0.6) is 0 Å². The fourth-order valence-electron chi connectivity index (χ4n) is 4.93. The topological polar surface area (TPSA) is 0 Å². The summed E-state index contributed by atoms with van der Waals surface area (Å²) in [7, 11) is 3.45. The third-order valence-corrected chi connectivity index (χ3v) is 11.9. The maximum absolute atomic E-state index is 4.26. The number of hydrogen-bond donors (Lipinski definition) is 0. The van der Waals surface area contributed by atoms with Crippen LogP contribution in [0.4, 0.5) is 0 Å². The predicted octanol–water partition coefficient (Wildman–Crippen LogP) is 10.2. The van der Waals surface area contributed by atoms with Gasteiger partial charge in [-0.3, -0.25) is 0 Å². The van der Waals surface area contributed by atoms with Crippen LogP contribution in [0.3, 0.4) is 0 Å². The predicted molar refractivity (Wildman–Crippen MR) is 206 cm³/mol. The molecule has 245 valence electrons. The van der Waals surface area contributed by atoms with Gasteiger partial charge in [0.15, 0.2) is 0 Å². The number of allylic oxidation sites excluding steroid dienone is 1. The zero-order valence-corrected chi connectivity index (χ0v) is 31.0. The van der Waals surface area contributed by atoms with E-state index in [-0.39, 0.29) is 17.1 Å². The number of rotatable bonds is 7. The summed E-state index contributed by atoms with van der Waals surface area (Å²) in [6, 6.07) is 53.2. The maximum atomic E-state index is 4.26. The zero-order valence-electron chi connectivity index (χ0n) is 26.4. The maximum Gasteiger partial charge on any atom is 0 e. The van der Waals surface area contributed by atoms with Crippen LogP contribution in [-0.2, 0) is 31.6 Å². The Balaban J connectivity index is 0.000000198. The van der Waals surface area contributed by atoms with Crippen molar-refractivity contribution in [2.75, 3.05) is 0 Å². The second-order valence-corrected chi connectivity index (χ2v) is 14.6. The van der Waals surface area contributed by atoms with E-state index < -0.39 is 15.8 Å². The van der Waals surface area contributed by atoms with Gasteiger partial charge in [-0.2, -0.15) is 0 Å². The summed E-state index contributed by atoms with van der Waals surface area (Å²) < 4.78 is 0. The van der Waals surface area contributed by atoms with Crippen LogP contribution >= 0.6 is 26.0 Å². The average molecular weight is 766 g/mol. The van der Waals surface area contributed by atoms with Crippen molar-refractivity contribution in [3.8, 4) is 0 Å². The van der Waals surface area contributed by atoms with Gasteiger partial charge in [0.05, 0.1) is 0 Å². The molecule has 7 rings (SSSR count). The van der Waals surface area contributed by atoms with E-state index in [4.69, 9.17) is 0 Å². The van der Waals surface area contributed by atoms with E-state index in [1.54, 1.807) is 6.08 Å². The quantitative estimate of drug-likeness (QED) is 0.0880. The third kappa shape index (κ3) is 13.0. The Kier molecular flexibility index (Phi) is 20.2. The molecule has 10 radical (unpaired) electrons. The van der Waals surface area contributed by atoms with E-state index in [9.17, 15) is 0 Å². The normalized spacial score (nSPS) is 14.3. The molecule has 0 N–H and O–H groups in total. The molecule has 2 fully saturated rings. The summed E-state index contributed by atoms with van der Waals surface area (Å²) >= 11 is 3.35. The standard InChI is InChI=1S/2C17H14P.C9H9.ClH.Fe.Ni/c2*1-3-9-15(10-4-1)18(17-13-7-8-14-17)16-11-5-2-6-12-16;1-2-6-9-7-4-3-5-8-9;;;/h2*1-14H;2-8H,1H2;1H;;/q;;-1;;;+1/p-1/b;;6-2+;;;. The van der Waals surface area contributed by atoms with E-state index in [0.717, 1.165) is 0 Å². The molecule has 2 aliphatic rings. The minimum atomic E-state index is -0.409. The SMILES string of the molecule is [CH2-]/C=C/c1ccccc1.[CH]1[CH][CH][C](P(c2ccccc2)c2ccccc2)[CH]1.[CH]1[CH][CH][C](P(c2ccccc2)c2ccccc2)[CH]1.[Cl][Ni].[Fe]. The van der Waals surface area contributed by atoms with Crippen molar-refractivity contribution >= 4 is 53.3 Å². The smallest absolute Gasteiger partial charge is 0 e. The fraction of sp³-hybridized carbons (Fsp3) is 0. The molecule has 0 amide bonds. The van der Waals surface area contributed by atoms with Crippen LogP contribution in [-0.4, -0.2) is 0 Å². The van der Waals surface area contributed by atoms with Crippen molar-refractivity contribution in [1.82, 2.24) is 0 Å². The molecule has 5 aromatic rings. The molecular formula is C43H37ClFeNiP2-. The molecule has 2 saturated carbocycles. The van der Waals surface area contributed by atoms with Crippen LogP contribution < -0.4 is 21.2 Å². The molecule has 5 aromatic carbocycles. The second kappa shape index (κ2) is 24.1. The van der Waals surface area contributed by atoms with E-state index in [0.29, 0.717) is 0 Å². The summed E-state index contributed by atoms with van der Waals surface area (Å²) in [6.45, 7) is 3.60. The van der Waals surface area contributed by atoms with Gasteiger partial charge in [-0.1, -0.05) is 152 Å². The Morgan fingerprint density at radius 3 is 0.917 bits per heavy atom. The summed E-state index contributed by atoms with van der Waals surface area (Å²) in [5.41, 5.74) is 4.04. The van der Waals surface area contributed by atoms with Crippen LogP contribution in [0.2, 0.25) is 0 Å². The van der Waals surface area contributed by atoms with Crippen LogP contribution in [0.25, 0.3) is 6.08 Å². The molecule has 0 bridgehead atoms. The molecular weight excluding hydrogens is 728 g/mol. The minimum Gasteiger partial charge on any atom is 0 e. The molecule has 48 heavy (non-hydrogen) atoms. The Labute approximate surface area is 315 Å². The Hall–Kier alpha value is -2.13. The van der Waals surface area contributed by atoms with E-state index >= 15 is 0 Å². The largest absolute Gasteiger partial charge is 0 e. The molecule has 2 aliphatic carbocycles. The minimum absolute atomic E-state index is 0. The van der Waals surface area contributed by atoms with Gasteiger partial charge in [0.1, 0.15) is 0 Å². The van der Waals surface area contributed by atoms with Gasteiger partial charge in [0, 0.05) is 28.4 Å². The second-order valence-electron chi connectivity index (χ2n) is 10.1. The van der Waals surface area contributed by atoms with Gasteiger partial charge in [-0.15, -0.1) is 5.56 Å². The number of halogens is 1. The van der Waals surface area contributed by atoms with Crippen molar-refractivity contribution in [3.05, 3.63) is 233 Å². The van der Waals surface area contributed by atoms with Crippen molar-refractivity contribution in [1.29, 1.82) is 0 Å². The van der Waals surface area contributed by atoms with Crippen molar-refractivity contribution in [2.24, 2.45) is 0 Å². The first-order valence-electron chi connectivity index (χ1n) is 15.2. The molecule has 0 saturated heterocycles. The Bertz CT molecular complexity index is 1340. The van der Waals surface area contributed by atoms with Gasteiger partial charge in [-0.05, 0) is 88.4 Å². The number of hydrogen-bond acceptors (Lipinski definition) is 0. The van der Waals surface area contributed by atoms with Gasteiger partial charge >= 0.3 is 24.8 Å². The summed E-state index contributed by atoms with van der Waals surface area (Å²) in [5.74, 6) is 0. The molecule has 0 unspecified atom stereocenters. The van der Waals surface area contributed by atoms with Gasteiger partial charge in [-0.25, -0.2) is 19.1 Å². The zero-order chi connectivity index (χ0) is 32.9. The Morgan fingerprint density at radius 2 is 0.667 bits per heavy atom. The van der Waals surface area contributed by atoms with Crippen LogP contribution in [0.15, 0.2) is 158 Å². The van der Waals surface area contributed by atoms with Crippen LogP contribution in [0, 0.1) is 69.6 Å². The first kappa shape index (κ1) is 40.3. The third-order valence-electron chi connectivity index (χ3n) is 6.97. The molecule has 0 nitrogen and oxygen atoms in total. The Morgan fingerprint density at radius 1 is 0.417 bits per heavy atom. The van der Waals surface area contributed by atoms with Crippen LogP contribution in [0.1, 0.15) is 5.56 Å². The molecule has 0 spiro atoms. The summed E-state index contributed by atoms with van der Waals surface area (Å²) in [4.78, 5) is 0. The first-order valence-corrected chi connectivity index (χ1v) is 19.2. The van der Waals surface area contributed by atoms with Crippen molar-refractivity contribution in [3.63, 3.8) is 0 Å². The molecule has 5 heteroatoms.